The monoisotopic (exact) mass is 231 g/mol. The van der Waals surface area contributed by atoms with Crippen LogP contribution in [0, 0.1) is 4.91 Å². The average molecular weight is 231 g/mol. The van der Waals surface area contributed by atoms with E-state index in [1.807, 2.05) is 0 Å². The number of ether oxygens (including phenoxy) is 1. The summed E-state index contributed by atoms with van der Waals surface area (Å²) in [5.74, 6) is -0.640. The molecular formula is C12H9NO4. The Bertz CT molecular complexity index is 607. The molecule has 1 N–H and O–H groups in total. The molecule has 5 nitrogen and oxygen atoms in total. The van der Waals surface area contributed by atoms with Crippen molar-refractivity contribution < 1.29 is 14.6 Å². The lowest BCUT2D eigenvalue weighted by Gasteiger charge is -2.04. The van der Waals surface area contributed by atoms with Gasteiger partial charge in [0.05, 0.1) is 12.7 Å². The lowest BCUT2D eigenvalue weighted by Crippen LogP contribution is -2.00. The van der Waals surface area contributed by atoms with Gasteiger partial charge < -0.3 is 9.84 Å². The van der Waals surface area contributed by atoms with Crippen LogP contribution < -0.4 is 0 Å². The Kier molecular flexibility index (Phi) is 2.74. The van der Waals surface area contributed by atoms with Crippen molar-refractivity contribution in [2.24, 2.45) is 5.18 Å². The number of aromatic hydroxyl groups is 1. The summed E-state index contributed by atoms with van der Waals surface area (Å²) in [6, 6.07) is 7.61. The summed E-state index contributed by atoms with van der Waals surface area (Å²) >= 11 is 0. The zero-order chi connectivity index (χ0) is 12.4. The molecule has 0 bridgehead atoms. The highest BCUT2D eigenvalue weighted by Crippen LogP contribution is 2.35. The number of esters is 1. The van der Waals surface area contributed by atoms with E-state index in [4.69, 9.17) is 0 Å². The fourth-order valence-electron chi connectivity index (χ4n) is 1.64. The predicted molar refractivity (Wildman–Crippen MR) is 62.4 cm³/mol. The highest BCUT2D eigenvalue weighted by Gasteiger charge is 2.10. The first kappa shape index (κ1) is 11.1. The number of hydrogen-bond acceptors (Lipinski definition) is 5. The van der Waals surface area contributed by atoms with Gasteiger partial charge in [-0.05, 0) is 28.8 Å². The van der Waals surface area contributed by atoms with Gasteiger partial charge in [0.2, 0.25) is 0 Å². The molecule has 17 heavy (non-hydrogen) atoms. The molecule has 2 aromatic rings. The Hall–Kier alpha value is -2.43. The summed E-state index contributed by atoms with van der Waals surface area (Å²) < 4.78 is 4.59. The number of benzene rings is 2. The summed E-state index contributed by atoms with van der Waals surface area (Å²) in [5, 5.41) is 13.4. The average Bonchev–Trinajstić information content (AvgIpc) is 2.37. The SMILES string of the molecule is COC(=O)c1ccc2c(N=O)c(O)ccc2c1. The predicted octanol–water partition coefficient (Wildman–Crippen LogP) is 2.73. The Balaban J connectivity index is 2.69. The third-order valence-electron chi connectivity index (χ3n) is 2.48. The maximum Gasteiger partial charge on any atom is 0.337 e. The smallest absolute Gasteiger partial charge is 0.337 e. The molecule has 0 heterocycles. The quantitative estimate of drug-likeness (QED) is 0.636. The van der Waals surface area contributed by atoms with Gasteiger partial charge in [0.25, 0.3) is 0 Å². The van der Waals surface area contributed by atoms with Crippen LogP contribution in [-0.2, 0) is 4.74 Å². The number of fused-ring (bicyclic) bond motifs is 1. The number of nitroso groups, excluding NO2 is 1. The van der Waals surface area contributed by atoms with Gasteiger partial charge in [-0.15, -0.1) is 4.91 Å². The summed E-state index contributed by atoms with van der Waals surface area (Å²) in [5.41, 5.74) is 0.349. The molecule has 0 unspecified atom stereocenters. The highest BCUT2D eigenvalue weighted by molar-refractivity contribution is 6.00. The minimum absolute atomic E-state index is 0.0288. The molecule has 0 aliphatic carbocycles. The molecule has 0 aromatic heterocycles. The number of phenolic OH excluding ortho intramolecular Hbond substituents is 1. The Labute approximate surface area is 96.6 Å². The largest absolute Gasteiger partial charge is 0.506 e. The molecule has 0 saturated carbocycles. The van der Waals surface area contributed by atoms with Crippen LogP contribution in [0.5, 0.6) is 5.75 Å². The Morgan fingerprint density at radius 1 is 1.29 bits per heavy atom. The second kappa shape index (κ2) is 4.21. The van der Waals surface area contributed by atoms with E-state index in [9.17, 15) is 14.8 Å². The lowest BCUT2D eigenvalue weighted by atomic mass is 10.1. The fourth-order valence-corrected chi connectivity index (χ4v) is 1.64. The van der Waals surface area contributed by atoms with Crippen molar-refractivity contribution in [3.05, 3.63) is 40.8 Å². The van der Waals surface area contributed by atoms with Crippen LogP contribution in [0.1, 0.15) is 10.4 Å². The van der Waals surface area contributed by atoms with Crippen molar-refractivity contribution in [1.82, 2.24) is 0 Å². The van der Waals surface area contributed by atoms with Gasteiger partial charge in [0, 0.05) is 5.39 Å². The van der Waals surface area contributed by atoms with E-state index >= 15 is 0 Å². The van der Waals surface area contributed by atoms with Gasteiger partial charge in [-0.3, -0.25) is 0 Å². The molecule has 0 radical (unpaired) electrons. The number of nitrogens with zero attached hydrogens (tertiary/aromatic N) is 1. The summed E-state index contributed by atoms with van der Waals surface area (Å²) in [6.45, 7) is 0. The molecule has 0 atom stereocenters. The van der Waals surface area contributed by atoms with Crippen molar-refractivity contribution in [3.63, 3.8) is 0 Å². The third-order valence-corrected chi connectivity index (χ3v) is 2.48. The van der Waals surface area contributed by atoms with Crippen molar-refractivity contribution in [2.45, 2.75) is 0 Å². The van der Waals surface area contributed by atoms with Crippen LogP contribution in [0.15, 0.2) is 35.5 Å². The van der Waals surface area contributed by atoms with Gasteiger partial charge in [-0.25, -0.2) is 4.79 Å². The zero-order valence-electron chi connectivity index (χ0n) is 9.01. The minimum Gasteiger partial charge on any atom is -0.506 e. The molecule has 2 rings (SSSR count). The number of phenols is 1. The topological polar surface area (TPSA) is 76.0 Å². The van der Waals surface area contributed by atoms with Crippen LogP contribution in [-0.4, -0.2) is 18.2 Å². The molecule has 2 aromatic carbocycles. The van der Waals surface area contributed by atoms with E-state index in [2.05, 4.69) is 9.91 Å². The van der Waals surface area contributed by atoms with Gasteiger partial charge in [-0.2, -0.15) is 0 Å². The summed E-state index contributed by atoms with van der Waals surface area (Å²) in [7, 11) is 1.29. The Morgan fingerprint density at radius 3 is 2.71 bits per heavy atom. The first-order chi connectivity index (χ1) is 8.17. The fraction of sp³-hybridized carbons (Fsp3) is 0.0833. The van der Waals surface area contributed by atoms with E-state index in [1.54, 1.807) is 18.2 Å². The molecule has 0 amide bonds. The minimum atomic E-state index is -0.458. The molecule has 5 heteroatoms. The van der Waals surface area contributed by atoms with E-state index < -0.39 is 5.97 Å². The molecule has 0 saturated heterocycles. The number of carbonyl (C=O) groups is 1. The Morgan fingerprint density at radius 2 is 2.06 bits per heavy atom. The van der Waals surface area contributed by atoms with Gasteiger partial charge in [0.15, 0.2) is 5.69 Å². The number of rotatable bonds is 2. The number of hydrogen-bond donors (Lipinski definition) is 1. The molecule has 0 aliphatic rings. The molecule has 0 fully saturated rings. The number of methoxy groups -OCH3 is 1. The van der Waals surface area contributed by atoms with Crippen LogP contribution in [0.25, 0.3) is 10.8 Å². The molecule has 0 spiro atoms. The standard InChI is InChI=1S/C12H9NO4/c1-17-12(15)8-2-4-9-7(6-8)3-5-10(14)11(9)13-16/h2-6,14H,1H3. The second-order valence-electron chi connectivity index (χ2n) is 3.45. The van der Waals surface area contributed by atoms with E-state index in [-0.39, 0.29) is 11.4 Å². The van der Waals surface area contributed by atoms with Crippen molar-refractivity contribution in [2.75, 3.05) is 7.11 Å². The van der Waals surface area contributed by atoms with Crippen LogP contribution in [0.2, 0.25) is 0 Å². The van der Waals surface area contributed by atoms with Crippen LogP contribution >= 0.6 is 0 Å². The first-order valence-corrected chi connectivity index (χ1v) is 4.85. The molecular weight excluding hydrogens is 222 g/mol. The van der Waals surface area contributed by atoms with Crippen molar-refractivity contribution in [3.8, 4) is 5.75 Å². The normalized spacial score (nSPS) is 10.2. The summed E-state index contributed by atoms with van der Waals surface area (Å²) in [6.07, 6.45) is 0. The van der Waals surface area contributed by atoms with Gasteiger partial charge in [-0.1, -0.05) is 12.1 Å². The van der Waals surface area contributed by atoms with E-state index in [0.717, 1.165) is 0 Å². The van der Waals surface area contributed by atoms with E-state index in [0.29, 0.717) is 16.3 Å². The maximum absolute atomic E-state index is 11.3. The highest BCUT2D eigenvalue weighted by atomic mass is 16.5. The number of carbonyl (C=O) groups excluding carboxylic acids is 1. The lowest BCUT2D eigenvalue weighted by molar-refractivity contribution is 0.0601. The second-order valence-corrected chi connectivity index (χ2v) is 3.45. The molecule has 86 valence electrons. The summed E-state index contributed by atoms with van der Waals surface area (Å²) in [4.78, 5) is 21.9. The first-order valence-electron chi connectivity index (χ1n) is 4.85. The molecule has 0 aliphatic heterocycles. The van der Waals surface area contributed by atoms with Gasteiger partial charge >= 0.3 is 5.97 Å². The van der Waals surface area contributed by atoms with E-state index in [1.165, 1.54) is 19.2 Å². The zero-order valence-corrected chi connectivity index (χ0v) is 9.01. The third kappa shape index (κ3) is 1.82. The van der Waals surface area contributed by atoms with Gasteiger partial charge in [0.1, 0.15) is 5.75 Å². The maximum atomic E-state index is 11.3. The van der Waals surface area contributed by atoms with Crippen LogP contribution in [0.3, 0.4) is 0 Å². The van der Waals surface area contributed by atoms with Crippen molar-refractivity contribution >= 4 is 22.4 Å². The van der Waals surface area contributed by atoms with Crippen molar-refractivity contribution in [1.29, 1.82) is 0 Å². The van der Waals surface area contributed by atoms with Crippen LogP contribution in [0.4, 0.5) is 5.69 Å².